The van der Waals surface area contributed by atoms with Crippen LogP contribution in [-0.4, -0.2) is 12.8 Å². The van der Waals surface area contributed by atoms with Crippen molar-refractivity contribution in [2.24, 2.45) is 5.10 Å². The highest BCUT2D eigenvalue weighted by Gasteiger charge is 2.03. The Hall–Kier alpha value is -2.32. The average molecular weight is 372 g/mol. The van der Waals surface area contributed by atoms with Gasteiger partial charge in [0.25, 0.3) is 0 Å². The maximum Gasteiger partial charge on any atom is 0.128 e. The van der Waals surface area contributed by atoms with Gasteiger partial charge in [0, 0.05) is 16.5 Å². The van der Waals surface area contributed by atoms with E-state index in [-0.39, 0.29) is 0 Å². The summed E-state index contributed by atoms with van der Waals surface area (Å²) in [4.78, 5) is 0. The number of nitrogens with zero attached hydrogens (tertiary/aromatic N) is 2. The van der Waals surface area contributed by atoms with Crippen molar-refractivity contribution in [3.05, 3.63) is 58.6 Å². The topological polar surface area (TPSA) is 57.4 Å². The van der Waals surface area contributed by atoms with Crippen LogP contribution in [0.1, 0.15) is 24.8 Å². The van der Waals surface area contributed by atoms with Gasteiger partial charge in [-0.3, -0.25) is 5.43 Å². The standard InChI is InChI=1S/C18H18BrN3O/c19-16-9-10-18(23-12-6-2-5-11-20)15(13-16)14-21-22-17-7-3-1-4-8-17/h1,3-4,7-10,13-14,22H,2,5-6,12H2. The predicted molar refractivity (Wildman–Crippen MR) is 96.8 cm³/mol. The van der Waals surface area contributed by atoms with Gasteiger partial charge in [-0.1, -0.05) is 34.1 Å². The first-order valence-electron chi connectivity index (χ1n) is 7.43. The van der Waals surface area contributed by atoms with Crippen molar-refractivity contribution >= 4 is 27.8 Å². The van der Waals surface area contributed by atoms with E-state index in [1.165, 1.54) is 0 Å². The molecule has 0 saturated carbocycles. The normalized spacial score (nSPS) is 10.4. The van der Waals surface area contributed by atoms with Gasteiger partial charge in [-0.2, -0.15) is 10.4 Å². The van der Waals surface area contributed by atoms with Crippen LogP contribution in [0.3, 0.4) is 0 Å². The number of halogens is 1. The van der Waals surface area contributed by atoms with Crippen LogP contribution in [0.15, 0.2) is 58.1 Å². The van der Waals surface area contributed by atoms with Crippen molar-refractivity contribution in [1.29, 1.82) is 5.26 Å². The van der Waals surface area contributed by atoms with Gasteiger partial charge in [0.15, 0.2) is 0 Å². The van der Waals surface area contributed by atoms with Crippen molar-refractivity contribution in [3.63, 3.8) is 0 Å². The molecule has 1 N–H and O–H groups in total. The molecule has 118 valence electrons. The highest BCUT2D eigenvalue weighted by atomic mass is 79.9. The van der Waals surface area contributed by atoms with E-state index in [1.54, 1.807) is 6.21 Å². The zero-order valence-electron chi connectivity index (χ0n) is 12.7. The van der Waals surface area contributed by atoms with E-state index < -0.39 is 0 Å². The number of para-hydroxylation sites is 1. The maximum absolute atomic E-state index is 8.53. The zero-order chi connectivity index (χ0) is 16.3. The summed E-state index contributed by atoms with van der Waals surface area (Å²) in [6, 6.07) is 17.7. The summed E-state index contributed by atoms with van der Waals surface area (Å²) in [5, 5.41) is 12.8. The lowest BCUT2D eigenvalue weighted by molar-refractivity contribution is 0.307. The molecule has 0 aromatic heterocycles. The van der Waals surface area contributed by atoms with Gasteiger partial charge in [-0.05, 0) is 43.2 Å². The summed E-state index contributed by atoms with van der Waals surface area (Å²) < 4.78 is 6.76. The van der Waals surface area contributed by atoms with E-state index in [2.05, 4.69) is 32.5 Å². The molecule has 2 rings (SSSR count). The van der Waals surface area contributed by atoms with Crippen molar-refractivity contribution < 1.29 is 4.74 Å². The van der Waals surface area contributed by atoms with Crippen LogP contribution in [0.2, 0.25) is 0 Å². The number of rotatable bonds is 8. The van der Waals surface area contributed by atoms with E-state index >= 15 is 0 Å². The van der Waals surface area contributed by atoms with E-state index in [1.807, 2.05) is 48.5 Å². The second-order valence-electron chi connectivity index (χ2n) is 4.88. The fraction of sp³-hybridized carbons (Fsp3) is 0.222. The van der Waals surface area contributed by atoms with E-state index in [9.17, 15) is 0 Å². The minimum absolute atomic E-state index is 0.568. The molecule has 0 saturated heterocycles. The van der Waals surface area contributed by atoms with Crippen molar-refractivity contribution in [3.8, 4) is 11.8 Å². The van der Waals surface area contributed by atoms with Crippen LogP contribution in [-0.2, 0) is 0 Å². The fourth-order valence-electron chi connectivity index (χ4n) is 1.93. The number of anilines is 1. The number of nitrogens with one attached hydrogen (secondary N) is 1. The van der Waals surface area contributed by atoms with Gasteiger partial charge < -0.3 is 4.74 Å². The summed E-state index contributed by atoms with van der Waals surface area (Å²) in [5.74, 6) is 0.781. The molecule has 0 aliphatic heterocycles. The van der Waals surface area contributed by atoms with Gasteiger partial charge in [0.2, 0.25) is 0 Å². The van der Waals surface area contributed by atoms with Crippen LogP contribution in [0.5, 0.6) is 5.75 Å². The summed E-state index contributed by atoms with van der Waals surface area (Å²) >= 11 is 3.46. The molecule has 0 atom stereocenters. The molecule has 2 aromatic rings. The molecule has 4 nitrogen and oxygen atoms in total. The third kappa shape index (κ3) is 6.13. The number of hydrogen-bond acceptors (Lipinski definition) is 4. The first-order chi connectivity index (χ1) is 11.3. The van der Waals surface area contributed by atoms with E-state index in [0.29, 0.717) is 13.0 Å². The summed E-state index contributed by atoms with van der Waals surface area (Å²) in [5.41, 5.74) is 4.81. The van der Waals surface area contributed by atoms with Gasteiger partial charge in [-0.25, -0.2) is 0 Å². The van der Waals surface area contributed by atoms with Crippen LogP contribution >= 0.6 is 15.9 Å². The molecule has 0 spiro atoms. The summed E-state index contributed by atoms with van der Waals surface area (Å²) in [6.07, 6.45) is 4.02. The Morgan fingerprint density at radius 3 is 2.78 bits per heavy atom. The first kappa shape index (κ1) is 17.0. The molecular formula is C18H18BrN3O. The molecule has 0 radical (unpaired) electrons. The predicted octanol–water partition coefficient (Wildman–Crippen LogP) is 4.97. The second-order valence-corrected chi connectivity index (χ2v) is 5.80. The minimum atomic E-state index is 0.568. The Balaban J connectivity index is 1.96. The van der Waals surface area contributed by atoms with Gasteiger partial charge in [-0.15, -0.1) is 0 Å². The lowest BCUT2D eigenvalue weighted by Gasteiger charge is -2.09. The van der Waals surface area contributed by atoms with Crippen LogP contribution in [0.25, 0.3) is 0 Å². The molecule has 0 amide bonds. The number of hydrazone groups is 1. The minimum Gasteiger partial charge on any atom is -0.493 e. The number of nitriles is 1. The highest BCUT2D eigenvalue weighted by molar-refractivity contribution is 9.10. The van der Waals surface area contributed by atoms with Crippen molar-refractivity contribution in [1.82, 2.24) is 0 Å². The molecular weight excluding hydrogens is 354 g/mol. The summed E-state index contributed by atoms with van der Waals surface area (Å²) in [6.45, 7) is 0.594. The molecule has 0 heterocycles. The van der Waals surface area contributed by atoms with E-state index in [0.717, 1.165) is 34.3 Å². The number of ether oxygens (including phenoxy) is 1. The van der Waals surface area contributed by atoms with Gasteiger partial charge >= 0.3 is 0 Å². The van der Waals surface area contributed by atoms with Crippen LogP contribution in [0.4, 0.5) is 5.69 Å². The molecule has 0 aliphatic rings. The second kappa shape index (κ2) is 9.65. The summed E-state index contributed by atoms with van der Waals surface area (Å²) in [7, 11) is 0. The Bertz CT molecular complexity index is 680. The lowest BCUT2D eigenvalue weighted by Crippen LogP contribution is -2.00. The smallest absolute Gasteiger partial charge is 0.128 e. The SMILES string of the molecule is N#CCCCCOc1ccc(Br)cc1C=NNc1ccccc1. The maximum atomic E-state index is 8.53. The molecule has 0 bridgehead atoms. The number of unbranched alkanes of at least 4 members (excludes halogenated alkanes) is 2. The Morgan fingerprint density at radius 2 is 2.00 bits per heavy atom. The van der Waals surface area contributed by atoms with Gasteiger partial charge in [0.1, 0.15) is 5.75 Å². The molecule has 0 aliphatic carbocycles. The van der Waals surface area contributed by atoms with E-state index in [4.69, 9.17) is 10.00 Å². The molecule has 2 aromatic carbocycles. The highest BCUT2D eigenvalue weighted by Crippen LogP contribution is 2.22. The van der Waals surface area contributed by atoms with Crippen LogP contribution < -0.4 is 10.2 Å². The largest absolute Gasteiger partial charge is 0.493 e. The molecule has 0 unspecified atom stereocenters. The first-order valence-corrected chi connectivity index (χ1v) is 8.22. The lowest BCUT2D eigenvalue weighted by atomic mass is 10.2. The zero-order valence-corrected chi connectivity index (χ0v) is 14.3. The third-order valence-electron chi connectivity index (χ3n) is 3.08. The average Bonchev–Trinajstić information content (AvgIpc) is 2.57. The van der Waals surface area contributed by atoms with Gasteiger partial charge in [0.05, 0.1) is 24.6 Å². The quantitative estimate of drug-likeness (QED) is 0.404. The monoisotopic (exact) mass is 371 g/mol. The third-order valence-corrected chi connectivity index (χ3v) is 3.58. The van der Waals surface area contributed by atoms with Crippen molar-refractivity contribution in [2.75, 3.05) is 12.0 Å². The van der Waals surface area contributed by atoms with Crippen LogP contribution in [0, 0.1) is 11.3 Å². The van der Waals surface area contributed by atoms with Crippen molar-refractivity contribution in [2.45, 2.75) is 19.3 Å². The molecule has 0 fully saturated rings. The fourth-order valence-corrected chi connectivity index (χ4v) is 2.31. The Kier molecular flexibility index (Phi) is 7.15. The Labute approximate surface area is 144 Å². The number of benzene rings is 2. The Morgan fingerprint density at radius 1 is 1.17 bits per heavy atom. The number of hydrogen-bond donors (Lipinski definition) is 1. The molecule has 23 heavy (non-hydrogen) atoms. The molecule has 5 heteroatoms.